The maximum atomic E-state index is 13.5. The summed E-state index contributed by atoms with van der Waals surface area (Å²) < 4.78 is 26.4. The van der Waals surface area contributed by atoms with Gasteiger partial charge in [0.05, 0.1) is 11.9 Å². The van der Waals surface area contributed by atoms with Gasteiger partial charge in [-0.2, -0.15) is 0 Å². The smallest absolute Gasteiger partial charge is 0.244 e. The molecule has 0 aliphatic rings. The molecular formula is C25H35N3O4S. The number of anilines is 1. The fourth-order valence-electron chi connectivity index (χ4n) is 3.70. The fraction of sp³-hybridized carbons (Fsp3) is 0.440. The van der Waals surface area contributed by atoms with Crippen molar-refractivity contribution in [3.63, 3.8) is 0 Å². The standard InChI is InChI=1S/C25H35N3O4S/c1-17(2)26-25(30)21(6)27(15-22-10-8-9-18(3)12-22)24(29)16-28(33(7,31)32)23-13-19(4)11-20(5)14-23/h8-14,17,21H,15-16H2,1-7H3,(H,26,30)/t21-/m1/s1. The van der Waals surface area contributed by atoms with Gasteiger partial charge in [-0.15, -0.1) is 0 Å². The number of nitrogens with one attached hydrogen (secondary N) is 1. The number of rotatable bonds is 9. The summed E-state index contributed by atoms with van der Waals surface area (Å²) in [7, 11) is -3.74. The molecule has 0 radical (unpaired) electrons. The summed E-state index contributed by atoms with van der Waals surface area (Å²) >= 11 is 0. The molecule has 2 aromatic rings. The quantitative estimate of drug-likeness (QED) is 0.605. The Hall–Kier alpha value is -2.87. The van der Waals surface area contributed by atoms with Crippen LogP contribution in [0.15, 0.2) is 42.5 Å². The molecule has 2 rings (SSSR count). The van der Waals surface area contributed by atoms with Gasteiger partial charge in [-0.3, -0.25) is 13.9 Å². The lowest BCUT2D eigenvalue weighted by Gasteiger charge is -2.32. The summed E-state index contributed by atoms with van der Waals surface area (Å²) in [6, 6.07) is 12.2. The van der Waals surface area contributed by atoms with Crippen molar-refractivity contribution in [1.82, 2.24) is 10.2 Å². The third kappa shape index (κ3) is 7.60. The Morgan fingerprint density at radius 3 is 2.06 bits per heavy atom. The van der Waals surface area contributed by atoms with Gasteiger partial charge in [0.15, 0.2) is 0 Å². The molecule has 0 heterocycles. The van der Waals surface area contributed by atoms with Gasteiger partial charge in [0.25, 0.3) is 0 Å². The average molecular weight is 474 g/mol. The first kappa shape index (κ1) is 26.4. The van der Waals surface area contributed by atoms with Crippen molar-refractivity contribution < 1.29 is 18.0 Å². The molecule has 7 nitrogen and oxygen atoms in total. The molecule has 0 fully saturated rings. The van der Waals surface area contributed by atoms with Crippen molar-refractivity contribution in [2.45, 2.75) is 60.2 Å². The van der Waals surface area contributed by atoms with Crippen molar-refractivity contribution in [2.75, 3.05) is 17.1 Å². The normalized spacial score (nSPS) is 12.4. The summed E-state index contributed by atoms with van der Waals surface area (Å²) in [6.45, 7) is 10.9. The first-order valence-electron chi connectivity index (χ1n) is 11.0. The van der Waals surface area contributed by atoms with Gasteiger partial charge in [0.2, 0.25) is 21.8 Å². The SMILES string of the molecule is Cc1cccc(CN(C(=O)CN(c2cc(C)cc(C)c2)S(C)(=O)=O)[C@H](C)C(=O)NC(C)C)c1. The zero-order valence-corrected chi connectivity index (χ0v) is 21.4. The highest BCUT2D eigenvalue weighted by molar-refractivity contribution is 7.92. The molecule has 2 aromatic carbocycles. The van der Waals surface area contributed by atoms with Crippen LogP contribution < -0.4 is 9.62 Å². The van der Waals surface area contributed by atoms with Gasteiger partial charge < -0.3 is 10.2 Å². The molecule has 1 atom stereocenters. The second kappa shape index (κ2) is 10.8. The molecule has 0 bridgehead atoms. The molecule has 180 valence electrons. The number of benzene rings is 2. The highest BCUT2D eigenvalue weighted by Crippen LogP contribution is 2.22. The first-order chi connectivity index (χ1) is 15.3. The minimum Gasteiger partial charge on any atom is -0.352 e. The molecule has 0 aromatic heterocycles. The topological polar surface area (TPSA) is 86.8 Å². The summed E-state index contributed by atoms with van der Waals surface area (Å²) in [5.74, 6) is -0.740. The average Bonchev–Trinajstić information content (AvgIpc) is 2.67. The largest absolute Gasteiger partial charge is 0.352 e. The van der Waals surface area contributed by atoms with Crippen LogP contribution in [-0.4, -0.2) is 50.0 Å². The molecule has 0 aliphatic heterocycles. The third-order valence-electron chi connectivity index (χ3n) is 5.21. The number of carbonyl (C=O) groups excluding carboxylic acids is 2. The Morgan fingerprint density at radius 2 is 1.55 bits per heavy atom. The molecule has 0 saturated heterocycles. The Morgan fingerprint density at radius 1 is 0.939 bits per heavy atom. The molecule has 0 aliphatic carbocycles. The van der Waals surface area contributed by atoms with E-state index in [1.165, 1.54) is 4.90 Å². The second-order valence-electron chi connectivity index (χ2n) is 8.97. The zero-order chi connectivity index (χ0) is 24.9. The maximum absolute atomic E-state index is 13.5. The second-order valence-corrected chi connectivity index (χ2v) is 10.9. The van der Waals surface area contributed by atoms with E-state index >= 15 is 0 Å². The number of nitrogens with zero attached hydrogens (tertiary/aromatic N) is 2. The lowest BCUT2D eigenvalue weighted by molar-refractivity contribution is -0.139. The van der Waals surface area contributed by atoms with E-state index < -0.39 is 28.5 Å². The summed E-state index contributed by atoms with van der Waals surface area (Å²) in [5, 5.41) is 2.84. The first-order valence-corrected chi connectivity index (χ1v) is 12.8. The van der Waals surface area contributed by atoms with Crippen molar-refractivity contribution in [1.29, 1.82) is 0 Å². The Labute approximate surface area is 197 Å². The van der Waals surface area contributed by atoms with Gasteiger partial charge in [-0.1, -0.05) is 35.9 Å². The predicted octanol–water partition coefficient (Wildman–Crippen LogP) is 3.32. The van der Waals surface area contributed by atoms with E-state index in [2.05, 4.69) is 5.32 Å². The van der Waals surface area contributed by atoms with E-state index in [0.29, 0.717) is 5.69 Å². The number of aryl methyl sites for hydroxylation is 3. The highest BCUT2D eigenvalue weighted by Gasteiger charge is 2.30. The number of hydrogen-bond acceptors (Lipinski definition) is 4. The van der Waals surface area contributed by atoms with Crippen LogP contribution in [0, 0.1) is 20.8 Å². The van der Waals surface area contributed by atoms with Crippen molar-refractivity contribution >= 4 is 27.5 Å². The number of hydrogen-bond donors (Lipinski definition) is 1. The van der Waals surface area contributed by atoms with E-state index in [1.807, 2.05) is 65.0 Å². The number of amides is 2. The van der Waals surface area contributed by atoms with Crippen LogP contribution in [-0.2, 0) is 26.2 Å². The molecule has 0 spiro atoms. The molecule has 33 heavy (non-hydrogen) atoms. The minimum absolute atomic E-state index is 0.0846. The Kier molecular flexibility index (Phi) is 8.66. The van der Waals surface area contributed by atoms with Crippen molar-refractivity contribution in [3.05, 3.63) is 64.7 Å². The van der Waals surface area contributed by atoms with Crippen LogP contribution >= 0.6 is 0 Å². The molecule has 1 N–H and O–H groups in total. The highest BCUT2D eigenvalue weighted by atomic mass is 32.2. The van der Waals surface area contributed by atoms with E-state index in [9.17, 15) is 18.0 Å². The predicted molar refractivity (Wildman–Crippen MR) is 133 cm³/mol. The van der Waals surface area contributed by atoms with Crippen LogP contribution in [0.5, 0.6) is 0 Å². The summed E-state index contributed by atoms with van der Waals surface area (Å²) in [6.07, 6.45) is 1.08. The van der Waals surface area contributed by atoms with Crippen LogP contribution in [0.4, 0.5) is 5.69 Å². The van der Waals surface area contributed by atoms with Crippen LogP contribution in [0.25, 0.3) is 0 Å². The molecular weight excluding hydrogens is 438 g/mol. The van der Waals surface area contributed by atoms with Gasteiger partial charge in [0, 0.05) is 12.6 Å². The van der Waals surface area contributed by atoms with Gasteiger partial charge in [-0.05, 0) is 70.4 Å². The van der Waals surface area contributed by atoms with Crippen LogP contribution in [0.3, 0.4) is 0 Å². The summed E-state index contributed by atoms with van der Waals surface area (Å²) in [5.41, 5.74) is 4.12. The summed E-state index contributed by atoms with van der Waals surface area (Å²) in [4.78, 5) is 27.7. The monoisotopic (exact) mass is 473 g/mol. The van der Waals surface area contributed by atoms with Crippen LogP contribution in [0.1, 0.15) is 43.0 Å². The van der Waals surface area contributed by atoms with Gasteiger partial charge >= 0.3 is 0 Å². The van der Waals surface area contributed by atoms with Crippen LogP contribution in [0.2, 0.25) is 0 Å². The molecule has 8 heteroatoms. The van der Waals surface area contributed by atoms with E-state index in [-0.39, 0.29) is 18.5 Å². The fourth-order valence-corrected chi connectivity index (χ4v) is 4.54. The van der Waals surface area contributed by atoms with Gasteiger partial charge in [-0.25, -0.2) is 8.42 Å². The zero-order valence-electron chi connectivity index (χ0n) is 20.5. The van der Waals surface area contributed by atoms with E-state index in [1.54, 1.807) is 19.1 Å². The van der Waals surface area contributed by atoms with Crippen molar-refractivity contribution in [2.24, 2.45) is 0 Å². The lowest BCUT2D eigenvalue weighted by Crippen LogP contribution is -2.52. The van der Waals surface area contributed by atoms with E-state index in [0.717, 1.165) is 32.8 Å². The molecule has 0 saturated carbocycles. The van der Waals surface area contributed by atoms with Gasteiger partial charge in [0.1, 0.15) is 12.6 Å². The third-order valence-corrected chi connectivity index (χ3v) is 6.35. The lowest BCUT2D eigenvalue weighted by atomic mass is 10.1. The Balaban J connectivity index is 2.42. The minimum atomic E-state index is -3.74. The number of sulfonamides is 1. The van der Waals surface area contributed by atoms with Crippen molar-refractivity contribution in [3.8, 4) is 0 Å². The molecule has 0 unspecified atom stereocenters. The van der Waals surface area contributed by atoms with E-state index in [4.69, 9.17) is 0 Å². The maximum Gasteiger partial charge on any atom is 0.244 e. The number of carbonyl (C=O) groups is 2. The Bertz CT molecular complexity index is 1090. The molecule has 2 amide bonds.